The van der Waals surface area contributed by atoms with Gasteiger partial charge < -0.3 is 16.0 Å². The first-order chi connectivity index (χ1) is 15.0. The van der Waals surface area contributed by atoms with E-state index in [0.717, 1.165) is 17.0 Å². The van der Waals surface area contributed by atoms with Gasteiger partial charge >= 0.3 is 0 Å². The van der Waals surface area contributed by atoms with Crippen LogP contribution in [-0.4, -0.2) is 38.3 Å². The summed E-state index contributed by atoms with van der Waals surface area (Å²) >= 11 is 0. The molecule has 0 aliphatic heterocycles. The van der Waals surface area contributed by atoms with E-state index in [1.165, 1.54) is 5.56 Å². The first-order valence-corrected chi connectivity index (χ1v) is 10.1. The van der Waals surface area contributed by atoms with Crippen LogP contribution in [0.2, 0.25) is 0 Å². The highest BCUT2D eigenvalue weighted by Gasteiger charge is 2.15. The van der Waals surface area contributed by atoms with E-state index < -0.39 is 0 Å². The molecule has 0 radical (unpaired) electrons. The van der Waals surface area contributed by atoms with Crippen molar-refractivity contribution in [3.05, 3.63) is 77.4 Å². The van der Waals surface area contributed by atoms with Gasteiger partial charge in [0, 0.05) is 36.7 Å². The van der Waals surface area contributed by atoms with E-state index in [2.05, 4.69) is 37.8 Å². The standard InChI is InChI=1S/C23H25N7O/c1-15-7-9-18(10-8-15)28-19-14-16(2)26-23(29-19)25-12-11-24-22(31)21-17(3)27-20-6-4-5-13-30(20)21/h4-10,13-14H,11-12H2,1-3H3,(H,24,31)(H2,25,26,28,29). The molecule has 3 N–H and O–H groups in total. The van der Waals surface area contributed by atoms with Crippen molar-refractivity contribution in [1.29, 1.82) is 0 Å². The van der Waals surface area contributed by atoms with Gasteiger partial charge in [-0.25, -0.2) is 9.97 Å². The van der Waals surface area contributed by atoms with Crippen molar-refractivity contribution in [3.8, 4) is 0 Å². The summed E-state index contributed by atoms with van der Waals surface area (Å²) in [6.07, 6.45) is 1.84. The maximum absolute atomic E-state index is 12.6. The number of rotatable bonds is 7. The Balaban J connectivity index is 1.35. The molecule has 158 valence electrons. The highest BCUT2D eigenvalue weighted by molar-refractivity contribution is 5.94. The lowest BCUT2D eigenvalue weighted by Crippen LogP contribution is -2.30. The number of fused-ring (bicyclic) bond motifs is 1. The number of anilines is 3. The molecule has 0 spiro atoms. The summed E-state index contributed by atoms with van der Waals surface area (Å²) in [7, 11) is 0. The monoisotopic (exact) mass is 415 g/mol. The molecule has 0 aliphatic rings. The van der Waals surface area contributed by atoms with Gasteiger partial charge in [-0.2, -0.15) is 4.98 Å². The van der Waals surface area contributed by atoms with Crippen LogP contribution in [0, 0.1) is 20.8 Å². The first kappa shape index (κ1) is 20.3. The Bertz CT molecular complexity index is 1210. The molecular weight excluding hydrogens is 390 g/mol. The molecule has 4 aromatic rings. The Hall–Kier alpha value is -3.94. The van der Waals surface area contributed by atoms with Crippen molar-refractivity contribution in [2.45, 2.75) is 20.8 Å². The Kier molecular flexibility index (Phi) is 5.79. The van der Waals surface area contributed by atoms with Crippen LogP contribution in [0.25, 0.3) is 5.65 Å². The lowest BCUT2D eigenvalue weighted by atomic mass is 10.2. The van der Waals surface area contributed by atoms with E-state index >= 15 is 0 Å². The van der Waals surface area contributed by atoms with Crippen LogP contribution in [0.1, 0.15) is 27.4 Å². The molecule has 0 saturated carbocycles. The molecule has 8 nitrogen and oxygen atoms in total. The fourth-order valence-electron chi connectivity index (χ4n) is 3.32. The summed E-state index contributed by atoms with van der Waals surface area (Å²) in [5.74, 6) is 1.06. The number of hydrogen-bond donors (Lipinski definition) is 3. The number of imidazole rings is 1. The molecule has 0 fully saturated rings. The lowest BCUT2D eigenvalue weighted by Gasteiger charge is -2.11. The van der Waals surface area contributed by atoms with Crippen LogP contribution in [-0.2, 0) is 0 Å². The van der Waals surface area contributed by atoms with Gasteiger partial charge in [0.2, 0.25) is 5.95 Å². The van der Waals surface area contributed by atoms with Gasteiger partial charge in [-0.1, -0.05) is 23.8 Å². The van der Waals surface area contributed by atoms with Crippen molar-refractivity contribution in [2.24, 2.45) is 0 Å². The molecule has 31 heavy (non-hydrogen) atoms. The zero-order chi connectivity index (χ0) is 21.8. The number of benzene rings is 1. The van der Waals surface area contributed by atoms with E-state index in [0.29, 0.717) is 36.2 Å². The highest BCUT2D eigenvalue weighted by Crippen LogP contribution is 2.17. The molecule has 3 aromatic heterocycles. The minimum absolute atomic E-state index is 0.162. The van der Waals surface area contributed by atoms with Gasteiger partial charge in [0.05, 0.1) is 5.69 Å². The van der Waals surface area contributed by atoms with E-state index in [-0.39, 0.29) is 5.91 Å². The van der Waals surface area contributed by atoms with E-state index in [9.17, 15) is 4.79 Å². The number of hydrogen-bond acceptors (Lipinski definition) is 6. The second-order valence-corrected chi connectivity index (χ2v) is 7.37. The number of pyridine rings is 1. The largest absolute Gasteiger partial charge is 0.352 e. The number of nitrogens with zero attached hydrogens (tertiary/aromatic N) is 4. The molecule has 0 aliphatic carbocycles. The van der Waals surface area contributed by atoms with E-state index in [1.807, 2.05) is 68.6 Å². The van der Waals surface area contributed by atoms with Crippen molar-refractivity contribution >= 4 is 29.0 Å². The fraction of sp³-hybridized carbons (Fsp3) is 0.217. The van der Waals surface area contributed by atoms with Crippen LogP contribution < -0.4 is 16.0 Å². The van der Waals surface area contributed by atoms with Crippen LogP contribution in [0.4, 0.5) is 17.5 Å². The predicted octanol–water partition coefficient (Wildman–Crippen LogP) is 3.64. The molecular formula is C23H25N7O. The normalized spacial score (nSPS) is 10.8. The van der Waals surface area contributed by atoms with Crippen molar-refractivity contribution < 1.29 is 4.79 Å². The van der Waals surface area contributed by atoms with Crippen molar-refractivity contribution in [3.63, 3.8) is 0 Å². The molecule has 1 amide bonds. The van der Waals surface area contributed by atoms with E-state index in [1.54, 1.807) is 4.40 Å². The maximum atomic E-state index is 12.6. The number of carbonyl (C=O) groups excluding carboxylic acids is 1. The Morgan fingerprint density at radius 2 is 1.77 bits per heavy atom. The molecule has 0 saturated heterocycles. The average Bonchev–Trinajstić information content (AvgIpc) is 3.08. The van der Waals surface area contributed by atoms with E-state index in [4.69, 9.17) is 0 Å². The number of carbonyl (C=O) groups is 1. The number of aryl methyl sites for hydroxylation is 3. The highest BCUT2D eigenvalue weighted by atomic mass is 16.1. The van der Waals surface area contributed by atoms with Gasteiger partial charge in [0.15, 0.2) is 0 Å². The van der Waals surface area contributed by atoms with Crippen LogP contribution in [0.3, 0.4) is 0 Å². The minimum atomic E-state index is -0.162. The number of aromatic nitrogens is 4. The quantitative estimate of drug-likeness (QED) is 0.399. The molecule has 4 rings (SSSR count). The summed E-state index contributed by atoms with van der Waals surface area (Å²) in [6, 6.07) is 15.7. The predicted molar refractivity (Wildman–Crippen MR) is 122 cm³/mol. The Labute approximate surface area is 180 Å². The Morgan fingerprint density at radius 3 is 2.58 bits per heavy atom. The van der Waals surface area contributed by atoms with Gasteiger partial charge in [-0.3, -0.25) is 9.20 Å². The van der Waals surface area contributed by atoms with Gasteiger partial charge in [0.1, 0.15) is 17.2 Å². The van der Waals surface area contributed by atoms with Crippen molar-refractivity contribution in [2.75, 3.05) is 23.7 Å². The fourth-order valence-corrected chi connectivity index (χ4v) is 3.32. The van der Waals surface area contributed by atoms with Gasteiger partial charge in [0.25, 0.3) is 5.91 Å². The summed E-state index contributed by atoms with van der Waals surface area (Å²) < 4.78 is 1.80. The Morgan fingerprint density at radius 1 is 0.968 bits per heavy atom. The minimum Gasteiger partial charge on any atom is -0.352 e. The molecule has 0 bridgehead atoms. The molecule has 8 heteroatoms. The zero-order valence-electron chi connectivity index (χ0n) is 17.8. The smallest absolute Gasteiger partial charge is 0.270 e. The van der Waals surface area contributed by atoms with Gasteiger partial charge in [-0.05, 0) is 45.0 Å². The molecule has 3 heterocycles. The topological polar surface area (TPSA) is 96.2 Å². The first-order valence-electron chi connectivity index (χ1n) is 10.1. The molecule has 1 aromatic carbocycles. The zero-order valence-corrected chi connectivity index (χ0v) is 17.8. The SMILES string of the molecule is Cc1ccc(Nc2cc(C)nc(NCCNC(=O)c3c(C)nc4ccccn34)n2)cc1. The third-order valence-electron chi connectivity index (χ3n) is 4.79. The lowest BCUT2D eigenvalue weighted by molar-refractivity contribution is 0.0948. The number of nitrogens with one attached hydrogen (secondary N) is 3. The van der Waals surface area contributed by atoms with Crippen molar-refractivity contribution in [1.82, 2.24) is 24.7 Å². The summed E-state index contributed by atoms with van der Waals surface area (Å²) in [5.41, 5.74) is 5.01. The van der Waals surface area contributed by atoms with Crippen LogP contribution in [0.15, 0.2) is 54.7 Å². The van der Waals surface area contributed by atoms with Crippen LogP contribution in [0.5, 0.6) is 0 Å². The molecule has 0 unspecified atom stereocenters. The number of amides is 1. The third kappa shape index (κ3) is 4.80. The summed E-state index contributed by atoms with van der Waals surface area (Å²) in [4.78, 5) is 26.0. The molecule has 0 atom stereocenters. The average molecular weight is 416 g/mol. The second-order valence-electron chi connectivity index (χ2n) is 7.37. The summed E-state index contributed by atoms with van der Waals surface area (Å²) in [5, 5.41) is 9.40. The van der Waals surface area contributed by atoms with Crippen LogP contribution >= 0.6 is 0 Å². The maximum Gasteiger partial charge on any atom is 0.270 e. The van der Waals surface area contributed by atoms with Gasteiger partial charge in [-0.15, -0.1) is 0 Å². The second kappa shape index (κ2) is 8.83. The summed E-state index contributed by atoms with van der Waals surface area (Å²) in [6.45, 7) is 6.73. The third-order valence-corrected chi connectivity index (χ3v) is 4.79.